The van der Waals surface area contributed by atoms with E-state index in [2.05, 4.69) is 4.99 Å². The van der Waals surface area contributed by atoms with Crippen molar-refractivity contribution in [2.24, 2.45) is 4.99 Å². The van der Waals surface area contributed by atoms with Gasteiger partial charge in [-0.05, 0) is 0 Å². The van der Waals surface area contributed by atoms with Gasteiger partial charge in [-0.25, -0.2) is 4.79 Å². The normalized spacial score (nSPS) is 23.2. The van der Waals surface area contributed by atoms with E-state index in [0.29, 0.717) is 0 Å². The van der Waals surface area contributed by atoms with Crippen molar-refractivity contribution in [2.45, 2.75) is 12.2 Å². The first-order chi connectivity index (χ1) is 5.41. The van der Waals surface area contributed by atoms with Gasteiger partial charge in [0.05, 0.1) is 6.54 Å². The summed E-state index contributed by atoms with van der Waals surface area (Å²) in [6.45, 7) is -0.371. The Morgan fingerprint density at radius 2 is 2.25 bits per heavy atom. The summed E-state index contributed by atoms with van der Waals surface area (Å²) in [4.78, 5) is 13.2. The van der Waals surface area contributed by atoms with Crippen LogP contribution in [-0.2, 0) is 4.79 Å². The highest BCUT2D eigenvalue weighted by Crippen LogP contribution is 2.18. The van der Waals surface area contributed by atoms with Gasteiger partial charge in [0.25, 0.3) is 0 Å². The van der Waals surface area contributed by atoms with Gasteiger partial charge in [-0.3, -0.25) is 4.99 Å². The van der Waals surface area contributed by atoms with E-state index in [-0.39, 0.29) is 6.54 Å². The Bertz CT molecular complexity index is 235. The van der Waals surface area contributed by atoms with Crippen molar-refractivity contribution in [3.8, 4) is 0 Å². The zero-order valence-corrected chi connectivity index (χ0v) is 5.72. The lowest BCUT2D eigenvalue weighted by Crippen LogP contribution is -2.42. The van der Waals surface area contributed by atoms with Crippen LogP contribution in [0.4, 0.5) is 13.2 Å². The minimum atomic E-state index is -4.58. The molecule has 0 radical (unpaired) electrons. The van der Waals surface area contributed by atoms with Crippen molar-refractivity contribution in [1.29, 1.82) is 0 Å². The topological polar surface area (TPSA) is 61.7 Å². The molecule has 1 aliphatic rings. The third-order valence-electron chi connectivity index (χ3n) is 1.31. The summed E-state index contributed by atoms with van der Waals surface area (Å²) in [7, 11) is 0. The summed E-state index contributed by atoms with van der Waals surface area (Å²) in [5, 5.41) is 10.0. The maximum Gasteiger partial charge on any atom is 0.448 e. The molecule has 1 rings (SSSR count). The zero-order chi connectivity index (χ0) is 9.35. The van der Waals surface area contributed by atoms with E-state index in [1.54, 1.807) is 5.32 Å². The summed E-state index contributed by atoms with van der Waals surface area (Å²) in [6.07, 6.45) is -4.58. The number of halogens is 3. The highest BCUT2D eigenvalue weighted by molar-refractivity contribution is 5.93. The maximum absolute atomic E-state index is 11.8. The second kappa shape index (κ2) is 2.65. The third-order valence-corrected chi connectivity index (χ3v) is 1.31. The van der Waals surface area contributed by atoms with Crippen molar-refractivity contribution < 1.29 is 23.1 Å². The highest BCUT2D eigenvalue weighted by Gasteiger charge is 2.41. The Kier molecular flexibility index (Phi) is 1.95. The molecular weight excluding hydrogens is 177 g/mol. The number of hydrogen-bond acceptors (Lipinski definition) is 3. The average molecular weight is 182 g/mol. The number of carbonyl (C=O) groups is 1. The van der Waals surface area contributed by atoms with Crippen LogP contribution in [0.5, 0.6) is 0 Å². The van der Waals surface area contributed by atoms with E-state index in [9.17, 15) is 18.0 Å². The molecule has 0 aromatic rings. The van der Waals surface area contributed by atoms with Crippen LogP contribution in [0.25, 0.3) is 0 Å². The molecule has 1 heterocycles. The summed E-state index contributed by atoms with van der Waals surface area (Å²) in [5.41, 5.74) is 0. The number of nitrogens with one attached hydrogen (secondary N) is 1. The minimum absolute atomic E-state index is 0.371. The summed E-state index contributed by atoms with van der Waals surface area (Å²) >= 11 is 0. The largest absolute Gasteiger partial charge is 0.480 e. The Labute approximate surface area is 65.1 Å². The van der Waals surface area contributed by atoms with Crippen molar-refractivity contribution in [2.75, 3.05) is 6.54 Å². The number of aliphatic carboxylic acids is 1. The van der Waals surface area contributed by atoms with E-state index in [0.717, 1.165) is 0 Å². The van der Waals surface area contributed by atoms with Crippen LogP contribution in [0.1, 0.15) is 0 Å². The molecule has 4 nitrogen and oxygen atoms in total. The predicted molar refractivity (Wildman–Crippen MR) is 32.9 cm³/mol. The Morgan fingerprint density at radius 1 is 1.67 bits per heavy atom. The third kappa shape index (κ3) is 1.66. The number of amidine groups is 1. The molecule has 0 aromatic heterocycles. The lowest BCUT2D eigenvalue weighted by molar-refractivity contribution is -0.138. The molecule has 1 aliphatic heterocycles. The molecular formula is C5H5F3N2O2. The van der Waals surface area contributed by atoms with E-state index >= 15 is 0 Å². The highest BCUT2D eigenvalue weighted by atomic mass is 19.4. The van der Waals surface area contributed by atoms with Gasteiger partial charge in [-0.15, -0.1) is 0 Å². The van der Waals surface area contributed by atoms with Crippen molar-refractivity contribution in [3.63, 3.8) is 0 Å². The van der Waals surface area contributed by atoms with Crippen LogP contribution < -0.4 is 5.32 Å². The zero-order valence-electron chi connectivity index (χ0n) is 5.72. The summed E-state index contributed by atoms with van der Waals surface area (Å²) < 4.78 is 35.4. The first-order valence-electron chi connectivity index (χ1n) is 3.02. The van der Waals surface area contributed by atoms with Crippen molar-refractivity contribution >= 4 is 11.8 Å². The van der Waals surface area contributed by atoms with Gasteiger partial charge in [-0.1, -0.05) is 0 Å². The minimum Gasteiger partial charge on any atom is -0.480 e. The van der Waals surface area contributed by atoms with Crippen LogP contribution in [0.3, 0.4) is 0 Å². The molecule has 1 atom stereocenters. The van der Waals surface area contributed by atoms with Crippen molar-refractivity contribution in [3.05, 3.63) is 0 Å². The first-order valence-corrected chi connectivity index (χ1v) is 3.02. The number of rotatable bonds is 1. The second-order valence-electron chi connectivity index (χ2n) is 2.22. The molecule has 0 saturated heterocycles. The number of nitrogens with zero attached hydrogens (tertiary/aromatic N) is 1. The van der Waals surface area contributed by atoms with E-state index in [4.69, 9.17) is 5.11 Å². The molecule has 0 aromatic carbocycles. The van der Waals surface area contributed by atoms with Crippen molar-refractivity contribution in [1.82, 2.24) is 5.32 Å². The molecule has 1 unspecified atom stereocenters. The molecule has 0 bridgehead atoms. The molecule has 7 heteroatoms. The number of alkyl halides is 3. The van der Waals surface area contributed by atoms with E-state index in [1.807, 2.05) is 0 Å². The van der Waals surface area contributed by atoms with Gasteiger partial charge >= 0.3 is 12.1 Å². The number of hydrogen-bond donors (Lipinski definition) is 2. The molecule has 0 saturated carbocycles. The Morgan fingerprint density at radius 3 is 2.50 bits per heavy atom. The number of aliphatic imine (C=N–C) groups is 1. The predicted octanol–water partition coefficient (Wildman–Crippen LogP) is 0.00360. The monoisotopic (exact) mass is 182 g/mol. The fourth-order valence-corrected chi connectivity index (χ4v) is 0.750. The van der Waals surface area contributed by atoms with E-state index < -0.39 is 24.0 Å². The van der Waals surface area contributed by atoms with Gasteiger partial charge in [0, 0.05) is 0 Å². The molecule has 68 valence electrons. The van der Waals surface area contributed by atoms with Gasteiger partial charge in [0.15, 0.2) is 0 Å². The van der Waals surface area contributed by atoms with E-state index in [1.165, 1.54) is 0 Å². The molecule has 0 amide bonds. The van der Waals surface area contributed by atoms with Crippen LogP contribution in [0.2, 0.25) is 0 Å². The molecule has 0 fully saturated rings. The van der Waals surface area contributed by atoms with Gasteiger partial charge in [0.1, 0.15) is 6.04 Å². The van der Waals surface area contributed by atoms with Crippen LogP contribution in [0.15, 0.2) is 4.99 Å². The summed E-state index contributed by atoms with van der Waals surface area (Å²) in [6, 6.07) is -1.25. The lowest BCUT2D eigenvalue weighted by Gasteiger charge is -2.08. The Hall–Kier alpha value is -1.27. The SMILES string of the molecule is O=C(O)C1CN=C(C(F)(F)F)N1. The molecule has 0 spiro atoms. The van der Waals surface area contributed by atoms with Gasteiger partial charge in [-0.2, -0.15) is 13.2 Å². The molecule has 0 aliphatic carbocycles. The molecule has 2 N–H and O–H groups in total. The van der Waals surface area contributed by atoms with Gasteiger partial charge < -0.3 is 10.4 Å². The number of carboxylic acids is 1. The smallest absolute Gasteiger partial charge is 0.448 e. The second-order valence-corrected chi connectivity index (χ2v) is 2.22. The lowest BCUT2D eigenvalue weighted by atomic mass is 10.3. The maximum atomic E-state index is 11.8. The quantitative estimate of drug-likeness (QED) is 0.600. The fraction of sp³-hybridized carbons (Fsp3) is 0.600. The standard InChI is InChI=1S/C5H5F3N2O2/c6-5(7,8)4-9-1-2(10-4)3(11)12/h2H,1H2,(H,9,10)(H,11,12). The van der Waals surface area contributed by atoms with Crippen LogP contribution in [-0.4, -0.2) is 35.7 Å². The van der Waals surface area contributed by atoms with Crippen LogP contribution >= 0.6 is 0 Å². The number of carboxylic acid groups (broad SMARTS) is 1. The molecule has 12 heavy (non-hydrogen) atoms. The van der Waals surface area contributed by atoms with Gasteiger partial charge in [0.2, 0.25) is 5.84 Å². The first kappa shape index (κ1) is 8.82. The van der Waals surface area contributed by atoms with Crippen LogP contribution in [0, 0.1) is 0 Å². The average Bonchev–Trinajstić information content (AvgIpc) is 2.30. The Balaban J connectivity index is 2.61. The summed E-state index contributed by atoms with van der Waals surface area (Å²) in [5.74, 6) is -2.55. The fourth-order valence-electron chi connectivity index (χ4n) is 0.750.